The molecule has 4 nitrogen and oxygen atoms in total. The number of carbonyl (C=O) groups is 1. The van der Waals surface area contributed by atoms with E-state index in [1.54, 1.807) is 4.90 Å². The van der Waals surface area contributed by atoms with Crippen LogP contribution in [0.4, 0.5) is 13.9 Å². The molecule has 0 spiro atoms. The highest BCUT2D eigenvalue weighted by Gasteiger charge is 2.22. The normalized spacial score (nSPS) is 10.9. The molecule has 3 rings (SSSR count). The minimum absolute atomic E-state index is 0. The summed E-state index contributed by atoms with van der Waals surface area (Å²) < 4.78 is 27.9. The van der Waals surface area contributed by atoms with Crippen molar-refractivity contribution in [3.05, 3.63) is 59.7 Å². The molecule has 1 amide bonds. The van der Waals surface area contributed by atoms with Crippen molar-refractivity contribution in [2.24, 2.45) is 0 Å². The van der Waals surface area contributed by atoms with Crippen molar-refractivity contribution in [3.8, 4) is 0 Å². The lowest BCUT2D eigenvalue weighted by Gasteiger charge is -2.24. The van der Waals surface area contributed by atoms with Gasteiger partial charge in [0.1, 0.15) is 0 Å². The minimum atomic E-state index is -1.03. The van der Waals surface area contributed by atoms with Gasteiger partial charge in [0.15, 0.2) is 16.8 Å². The number of halogens is 3. The fourth-order valence-corrected chi connectivity index (χ4v) is 3.82. The summed E-state index contributed by atoms with van der Waals surface area (Å²) in [7, 11) is 0. The van der Waals surface area contributed by atoms with Crippen molar-refractivity contribution >= 4 is 45.0 Å². The summed E-state index contributed by atoms with van der Waals surface area (Å²) in [5.74, 6) is -2.39. The van der Waals surface area contributed by atoms with Crippen molar-refractivity contribution < 1.29 is 13.6 Å². The number of likely N-dealkylation sites (N-methyl/N-ethyl adjacent to an activating group) is 1. The van der Waals surface area contributed by atoms with Crippen LogP contribution < -0.4 is 4.90 Å². The minimum Gasteiger partial charge on any atom is -0.302 e. The first-order valence-corrected chi connectivity index (χ1v) is 9.70. The Bertz CT molecular complexity index is 913. The zero-order valence-corrected chi connectivity index (χ0v) is 17.3. The molecule has 3 aromatic rings. The van der Waals surface area contributed by atoms with E-state index in [0.717, 1.165) is 35.4 Å². The number of para-hydroxylation sites is 1. The smallest absolute Gasteiger partial charge is 0.260 e. The van der Waals surface area contributed by atoms with Gasteiger partial charge in [-0.1, -0.05) is 37.3 Å². The Morgan fingerprint density at radius 3 is 2.39 bits per heavy atom. The molecule has 0 unspecified atom stereocenters. The predicted molar refractivity (Wildman–Crippen MR) is 113 cm³/mol. The average Bonchev–Trinajstić information content (AvgIpc) is 3.11. The van der Waals surface area contributed by atoms with Gasteiger partial charge in [-0.25, -0.2) is 13.8 Å². The van der Waals surface area contributed by atoms with Crippen LogP contribution in [0.15, 0.2) is 42.5 Å². The Labute approximate surface area is 173 Å². The zero-order chi connectivity index (χ0) is 19.4. The number of aromatic nitrogens is 1. The quantitative estimate of drug-likeness (QED) is 0.535. The molecule has 28 heavy (non-hydrogen) atoms. The molecule has 0 atom stereocenters. The van der Waals surface area contributed by atoms with E-state index in [1.807, 2.05) is 24.3 Å². The number of anilines is 1. The SMILES string of the molecule is CCN(CC)CCN(C(=O)c1ccc(F)c(F)c1)c1nc2ccccc2s1.Cl. The number of amides is 1. The summed E-state index contributed by atoms with van der Waals surface area (Å²) in [6.45, 7) is 6.93. The number of hydrogen-bond donors (Lipinski definition) is 0. The molecule has 0 aliphatic carbocycles. The molecular formula is C20H22ClF2N3OS. The number of hydrogen-bond acceptors (Lipinski definition) is 4. The van der Waals surface area contributed by atoms with E-state index in [1.165, 1.54) is 17.4 Å². The fraction of sp³-hybridized carbons (Fsp3) is 0.300. The lowest BCUT2D eigenvalue weighted by atomic mass is 10.2. The second kappa shape index (κ2) is 9.91. The fourth-order valence-electron chi connectivity index (χ4n) is 2.83. The Morgan fingerprint density at radius 1 is 1.04 bits per heavy atom. The maximum Gasteiger partial charge on any atom is 0.260 e. The number of benzene rings is 2. The van der Waals surface area contributed by atoms with E-state index < -0.39 is 11.6 Å². The predicted octanol–water partition coefficient (Wildman–Crippen LogP) is 4.98. The largest absolute Gasteiger partial charge is 0.302 e. The third-order valence-corrected chi connectivity index (χ3v) is 5.52. The molecule has 0 N–H and O–H groups in total. The maximum atomic E-state index is 13.6. The molecule has 150 valence electrons. The molecule has 1 heterocycles. The van der Waals surface area contributed by atoms with Crippen LogP contribution in [0.2, 0.25) is 0 Å². The summed E-state index contributed by atoms with van der Waals surface area (Å²) in [4.78, 5) is 21.4. The summed E-state index contributed by atoms with van der Waals surface area (Å²) in [5, 5.41) is 0.554. The second-order valence-electron chi connectivity index (χ2n) is 6.08. The first kappa shape index (κ1) is 22.2. The number of rotatable bonds is 7. The van der Waals surface area contributed by atoms with Crippen LogP contribution in [0, 0.1) is 11.6 Å². The molecule has 8 heteroatoms. The van der Waals surface area contributed by atoms with E-state index in [2.05, 4.69) is 23.7 Å². The highest BCUT2D eigenvalue weighted by atomic mass is 35.5. The van der Waals surface area contributed by atoms with Crippen LogP contribution in [0.3, 0.4) is 0 Å². The molecule has 0 fully saturated rings. The van der Waals surface area contributed by atoms with Gasteiger partial charge in [0.25, 0.3) is 5.91 Å². The molecule has 1 aromatic heterocycles. The number of carbonyl (C=O) groups excluding carboxylic acids is 1. The highest BCUT2D eigenvalue weighted by molar-refractivity contribution is 7.22. The van der Waals surface area contributed by atoms with E-state index in [4.69, 9.17) is 0 Å². The van der Waals surface area contributed by atoms with Crippen molar-refractivity contribution in [2.45, 2.75) is 13.8 Å². The molecule has 0 radical (unpaired) electrons. The molecule has 0 saturated carbocycles. The third kappa shape index (κ3) is 4.84. The molecule has 2 aromatic carbocycles. The number of thiazole rings is 1. The van der Waals surface area contributed by atoms with Crippen LogP contribution in [-0.2, 0) is 0 Å². The average molecular weight is 426 g/mol. The standard InChI is InChI=1S/C20H21F2N3OS.ClH/c1-3-24(4-2)11-12-25(19(26)14-9-10-15(21)16(22)13-14)20-23-17-7-5-6-8-18(17)27-20;/h5-10,13H,3-4,11-12H2,1-2H3;1H. The molecule has 0 aliphatic rings. The van der Waals surface area contributed by atoms with E-state index >= 15 is 0 Å². The van der Waals surface area contributed by atoms with Gasteiger partial charge in [-0.05, 0) is 43.4 Å². The van der Waals surface area contributed by atoms with Gasteiger partial charge in [-0.2, -0.15) is 0 Å². The Hall–Kier alpha value is -2.09. The molecule has 0 bridgehead atoms. The molecular weight excluding hydrogens is 404 g/mol. The van der Waals surface area contributed by atoms with Gasteiger partial charge in [0.05, 0.1) is 10.2 Å². The highest BCUT2D eigenvalue weighted by Crippen LogP contribution is 2.29. The van der Waals surface area contributed by atoms with Gasteiger partial charge < -0.3 is 4.90 Å². The summed E-state index contributed by atoms with van der Waals surface area (Å²) in [5.41, 5.74) is 0.913. The van der Waals surface area contributed by atoms with E-state index in [0.29, 0.717) is 18.2 Å². The van der Waals surface area contributed by atoms with Gasteiger partial charge in [0.2, 0.25) is 0 Å². The zero-order valence-electron chi connectivity index (χ0n) is 15.7. The van der Waals surface area contributed by atoms with Crippen molar-refractivity contribution in [3.63, 3.8) is 0 Å². The van der Waals surface area contributed by atoms with Gasteiger partial charge >= 0.3 is 0 Å². The van der Waals surface area contributed by atoms with Gasteiger partial charge in [-0.3, -0.25) is 9.69 Å². The van der Waals surface area contributed by atoms with Crippen molar-refractivity contribution in [1.29, 1.82) is 0 Å². The Balaban J connectivity index is 0.00000280. The van der Waals surface area contributed by atoms with Crippen LogP contribution in [-0.4, -0.2) is 42.0 Å². The van der Waals surface area contributed by atoms with Gasteiger partial charge in [0, 0.05) is 18.7 Å². The van der Waals surface area contributed by atoms with Crippen molar-refractivity contribution in [2.75, 3.05) is 31.1 Å². The van der Waals surface area contributed by atoms with Gasteiger partial charge in [-0.15, -0.1) is 12.4 Å². The summed E-state index contributed by atoms with van der Waals surface area (Å²) in [6.07, 6.45) is 0. The number of nitrogens with zero attached hydrogens (tertiary/aromatic N) is 3. The Morgan fingerprint density at radius 2 is 1.75 bits per heavy atom. The van der Waals surface area contributed by atoms with Crippen molar-refractivity contribution in [1.82, 2.24) is 9.88 Å². The van der Waals surface area contributed by atoms with Crippen LogP contribution in [0.25, 0.3) is 10.2 Å². The lowest BCUT2D eigenvalue weighted by Crippen LogP contribution is -2.39. The maximum absolute atomic E-state index is 13.6. The van der Waals surface area contributed by atoms with Crippen LogP contribution >= 0.6 is 23.7 Å². The van der Waals surface area contributed by atoms with Crippen LogP contribution in [0.5, 0.6) is 0 Å². The monoisotopic (exact) mass is 425 g/mol. The summed E-state index contributed by atoms with van der Waals surface area (Å²) >= 11 is 1.41. The molecule has 0 aliphatic heterocycles. The third-order valence-electron chi connectivity index (χ3n) is 4.46. The van der Waals surface area contributed by atoms with E-state index in [9.17, 15) is 13.6 Å². The van der Waals surface area contributed by atoms with E-state index in [-0.39, 0.29) is 23.9 Å². The number of fused-ring (bicyclic) bond motifs is 1. The summed E-state index contributed by atoms with van der Waals surface area (Å²) in [6, 6.07) is 10.9. The Kier molecular flexibility index (Phi) is 7.86. The second-order valence-corrected chi connectivity index (χ2v) is 7.09. The van der Waals surface area contributed by atoms with Crippen LogP contribution in [0.1, 0.15) is 24.2 Å². The topological polar surface area (TPSA) is 36.4 Å². The first-order chi connectivity index (χ1) is 13.0. The molecule has 0 saturated heterocycles. The lowest BCUT2D eigenvalue weighted by molar-refractivity contribution is 0.0983. The first-order valence-electron chi connectivity index (χ1n) is 8.88.